The summed E-state index contributed by atoms with van der Waals surface area (Å²) in [5.74, 6) is 1.36. The standard InChI is InChI=1S/C18H30O3S/c1-8-15-10-16(12(3)4)14(7)17(13(5)6)18(15)22(20,11-19)21-9-2/h10,12-14,16H,8-9H2,1-7H3. The minimum atomic E-state index is -3.21. The first-order valence-electron chi connectivity index (χ1n) is 8.25. The van der Waals surface area contributed by atoms with Crippen molar-refractivity contribution in [2.45, 2.75) is 54.9 Å². The Bertz CT molecular complexity index is 598. The summed E-state index contributed by atoms with van der Waals surface area (Å²) in [6.45, 7) is 14.8. The second-order valence-corrected chi connectivity index (χ2v) is 8.41. The maximum atomic E-state index is 13.1. The van der Waals surface area contributed by atoms with Crippen molar-refractivity contribution in [1.29, 1.82) is 0 Å². The molecule has 0 aliphatic heterocycles. The third-order valence-electron chi connectivity index (χ3n) is 4.45. The summed E-state index contributed by atoms with van der Waals surface area (Å²) in [5, 5.41) is 1.72. The van der Waals surface area contributed by atoms with Crippen LogP contribution in [0.2, 0.25) is 0 Å². The first kappa shape index (κ1) is 19.2. The van der Waals surface area contributed by atoms with E-state index in [0.29, 0.717) is 16.7 Å². The first-order chi connectivity index (χ1) is 10.2. The molecular weight excluding hydrogens is 296 g/mol. The second-order valence-electron chi connectivity index (χ2n) is 6.59. The number of hydrogen-bond acceptors (Lipinski definition) is 3. The lowest BCUT2D eigenvalue weighted by atomic mass is 9.72. The van der Waals surface area contributed by atoms with E-state index < -0.39 is 9.80 Å². The van der Waals surface area contributed by atoms with Crippen LogP contribution in [0.4, 0.5) is 0 Å². The molecule has 0 bridgehead atoms. The molecule has 0 radical (unpaired) electrons. The van der Waals surface area contributed by atoms with E-state index in [-0.39, 0.29) is 18.4 Å². The van der Waals surface area contributed by atoms with Crippen LogP contribution in [0.3, 0.4) is 0 Å². The van der Waals surface area contributed by atoms with E-state index in [1.807, 2.05) is 6.92 Å². The SMILES string of the molecule is CCOS(=O)(=C=O)C1=C(C(C)C)C(C)C(C(C)C)C=C1CC. The first-order valence-corrected chi connectivity index (χ1v) is 9.74. The Kier molecular flexibility index (Phi) is 6.66. The molecule has 0 spiro atoms. The highest BCUT2D eigenvalue weighted by Gasteiger charge is 2.35. The van der Waals surface area contributed by atoms with Crippen LogP contribution in [0, 0.1) is 23.7 Å². The van der Waals surface area contributed by atoms with Crippen molar-refractivity contribution in [3.05, 3.63) is 22.1 Å². The van der Waals surface area contributed by atoms with E-state index >= 15 is 0 Å². The topological polar surface area (TPSA) is 43.4 Å². The maximum Gasteiger partial charge on any atom is 0.217 e. The fraction of sp³-hybridized carbons (Fsp3) is 0.722. The Morgan fingerprint density at radius 3 is 2.23 bits per heavy atom. The zero-order valence-electron chi connectivity index (χ0n) is 14.9. The highest BCUT2D eigenvalue weighted by Crippen LogP contribution is 2.44. The van der Waals surface area contributed by atoms with Crippen LogP contribution in [0.1, 0.15) is 54.9 Å². The van der Waals surface area contributed by atoms with Crippen molar-refractivity contribution in [2.24, 2.45) is 23.7 Å². The summed E-state index contributed by atoms with van der Waals surface area (Å²) >= 11 is 0. The Balaban J connectivity index is 3.70. The molecule has 1 rings (SSSR count). The molecule has 4 heteroatoms. The molecule has 0 N–H and O–H groups in total. The van der Waals surface area contributed by atoms with Gasteiger partial charge < -0.3 is 0 Å². The van der Waals surface area contributed by atoms with E-state index in [4.69, 9.17) is 4.18 Å². The van der Waals surface area contributed by atoms with Gasteiger partial charge in [-0.15, -0.1) is 0 Å². The van der Waals surface area contributed by atoms with Gasteiger partial charge in [-0.25, -0.2) is 9.00 Å². The maximum absolute atomic E-state index is 13.1. The molecule has 3 nitrogen and oxygen atoms in total. The van der Waals surface area contributed by atoms with Crippen molar-refractivity contribution in [3.63, 3.8) is 0 Å². The smallest absolute Gasteiger partial charge is 0.217 e. The highest BCUT2D eigenvalue weighted by atomic mass is 32.2. The molecule has 3 unspecified atom stereocenters. The van der Waals surface area contributed by atoms with Crippen LogP contribution in [-0.4, -0.2) is 16.0 Å². The molecule has 0 heterocycles. The van der Waals surface area contributed by atoms with Crippen LogP contribution in [0.25, 0.3) is 0 Å². The molecular formula is C18H30O3S. The van der Waals surface area contributed by atoms with Gasteiger partial charge in [0.05, 0.1) is 11.5 Å². The van der Waals surface area contributed by atoms with E-state index in [9.17, 15) is 9.00 Å². The number of carbonyl (C=O) groups excluding carboxylic acids is 1. The lowest BCUT2D eigenvalue weighted by Crippen LogP contribution is -2.29. The average Bonchev–Trinajstić information content (AvgIpc) is 2.45. The zero-order valence-corrected chi connectivity index (χ0v) is 15.8. The predicted octanol–water partition coefficient (Wildman–Crippen LogP) is 4.46. The second kappa shape index (κ2) is 7.63. The number of allylic oxidation sites excluding steroid dienone is 3. The van der Waals surface area contributed by atoms with Crippen molar-refractivity contribution in [1.82, 2.24) is 0 Å². The minimum Gasteiger partial charge on any atom is -0.287 e. The summed E-state index contributed by atoms with van der Waals surface area (Å²) in [6, 6.07) is 0. The fourth-order valence-corrected chi connectivity index (χ4v) is 5.38. The molecule has 1 aliphatic carbocycles. The number of hydrogen-bond donors (Lipinski definition) is 0. The third kappa shape index (κ3) is 3.56. The molecule has 3 atom stereocenters. The summed E-state index contributed by atoms with van der Waals surface area (Å²) in [7, 11) is -3.21. The quantitative estimate of drug-likeness (QED) is 0.677. The van der Waals surface area contributed by atoms with E-state index in [2.05, 4.69) is 40.7 Å². The van der Waals surface area contributed by atoms with Gasteiger partial charge in [-0.2, -0.15) is 0 Å². The molecule has 1 aliphatic rings. The van der Waals surface area contributed by atoms with E-state index in [0.717, 1.165) is 17.6 Å². The van der Waals surface area contributed by atoms with Gasteiger partial charge in [-0.05, 0) is 48.2 Å². The molecule has 126 valence electrons. The summed E-state index contributed by atoms with van der Waals surface area (Å²) in [6.07, 6.45) is 2.94. The molecule has 22 heavy (non-hydrogen) atoms. The largest absolute Gasteiger partial charge is 0.287 e. The molecule has 0 saturated carbocycles. The molecule has 0 amide bonds. The van der Waals surface area contributed by atoms with Gasteiger partial charge in [-0.1, -0.05) is 47.6 Å². The summed E-state index contributed by atoms with van der Waals surface area (Å²) in [4.78, 5) is 12.1. The lowest BCUT2D eigenvalue weighted by molar-refractivity contribution is 0.341. The highest BCUT2D eigenvalue weighted by molar-refractivity contribution is 8.00. The van der Waals surface area contributed by atoms with Crippen LogP contribution in [0.5, 0.6) is 0 Å². The predicted molar refractivity (Wildman–Crippen MR) is 93.2 cm³/mol. The van der Waals surface area contributed by atoms with Gasteiger partial charge in [0.25, 0.3) is 0 Å². The van der Waals surface area contributed by atoms with E-state index in [1.165, 1.54) is 0 Å². The van der Waals surface area contributed by atoms with Crippen LogP contribution >= 0.6 is 0 Å². The van der Waals surface area contributed by atoms with Crippen molar-refractivity contribution < 1.29 is 13.2 Å². The van der Waals surface area contributed by atoms with Gasteiger partial charge in [0.15, 0.2) is 9.80 Å². The van der Waals surface area contributed by atoms with Crippen molar-refractivity contribution in [3.8, 4) is 0 Å². The van der Waals surface area contributed by atoms with Gasteiger partial charge >= 0.3 is 0 Å². The molecule has 0 aromatic rings. The fourth-order valence-electron chi connectivity index (χ4n) is 3.51. The normalized spacial score (nSPS) is 25.2. The van der Waals surface area contributed by atoms with Gasteiger partial charge in [0, 0.05) is 0 Å². The van der Waals surface area contributed by atoms with Gasteiger partial charge in [0.1, 0.15) is 0 Å². The number of rotatable bonds is 6. The Hall–Kier alpha value is -0.830. The summed E-state index contributed by atoms with van der Waals surface area (Å²) < 4.78 is 18.5. The van der Waals surface area contributed by atoms with Crippen molar-refractivity contribution in [2.75, 3.05) is 6.61 Å². The molecule has 0 saturated heterocycles. The van der Waals surface area contributed by atoms with Crippen LogP contribution in [0.15, 0.2) is 22.1 Å². The third-order valence-corrected chi connectivity index (χ3v) is 6.27. The Labute approximate surface area is 136 Å². The monoisotopic (exact) mass is 326 g/mol. The summed E-state index contributed by atoms with van der Waals surface area (Å²) in [5.41, 5.74) is 2.09. The molecule has 0 aromatic heterocycles. The van der Waals surface area contributed by atoms with Gasteiger partial charge in [-0.3, -0.25) is 4.18 Å². The van der Waals surface area contributed by atoms with Crippen LogP contribution in [-0.2, 0) is 18.8 Å². The minimum absolute atomic E-state index is 0.219. The zero-order chi connectivity index (χ0) is 17.1. The van der Waals surface area contributed by atoms with Crippen LogP contribution < -0.4 is 0 Å². The Morgan fingerprint density at radius 2 is 1.86 bits per heavy atom. The average molecular weight is 327 g/mol. The molecule has 0 aromatic carbocycles. The van der Waals surface area contributed by atoms with Gasteiger partial charge in [0.2, 0.25) is 5.23 Å². The van der Waals surface area contributed by atoms with Crippen molar-refractivity contribution >= 4 is 15.0 Å². The molecule has 0 fully saturated rings. The van der Waals surface area contributed by atoms with E-state index in [1.54, 1.807) is 12.2 Å². The Morgan fingerprint density at radius 1 is 1.27 bits per heavy atom. The lowest BCUT2D eigenvalue weighted by Gasteiger charge is -2.36.